The number of piperidine rings is 1. The summed E-state index contributed by atoms with van der Waals surface area (Å²) < 4.78 is 25.0. The highest BCUT2D eigenvalue weighted by Crippen LogP contribution is 2.31. The maximum atomic E-state index is 12.9. The van der Waals surface area contributed by atoms with E-state index in [0.29, 0.717) is 25.7 Å². The summed E-state index contributed by atoms with van der Waals surface area (Å²) >= 11 is 0. The van der Waals surface area contributed by atoms with Crippen molar-refractivity contribution in [2.24, 2.45) is 5.92 Å². The number of sulfonamides is 1. The van der Waals surface area contributed by atoms with E-state index < -0.39 is 10.0 Å². The Bertz CT molecular complexity index is 658. The van der Waals surface area contributed by atoms with Gasteiger partial charge in [-0.15, -0.1) is 0 Å². The van der Waals surface area contributed by atoms with Crippen molar-refractivity contribution in [3.63, 3.8) is 0 Å². The van der Waals surface area contributed by atoms with Crippen molar-refractivity contribution in [3.05, 3.63) is 30.1 Å². The fourth-order valence-electron chi connectivity index (χ4n) is 3.14. The molecule has 0 aromatic carbocycles. The second-order valence-corrected chi connectivity index (χ2v) is 8.50. The third kappa shape index (κ3) is 4.09. The maximum absolute atomic E-state index is 12.9. The Morgan fingerprint density at radius 3 is 2.61 bits per heavy atom. The van der Waals surface area contributed by atoms with Crippen LogP contribution in [0.25, 0.3) is 0 Å². The quantitative estimate of drug-likeness (QED) is 0.811. The summed E-state index contributed by atoms with van der Waals surface area (Å²) in [5.41, 5.74) is 1.07. The van der Waals surface area contributed by atoms with Crippen molar-refractivity contribution in [1.82, 2.24) is 14.2 Å². The summed E-state index contributed by atoms with van der Waals surface area (Å²) in [5, 5.41) is 0. The predicted molar refractivity (Wildman–Crippen MR) is 86.9 cm³/mol. The van der Waals surface area contributed by atoms with Crippen molar-refractivity contribution >= 4 is 15.9 Å². The topological polar surface area (TPSA) is 70.6 Å². The summed E-state index contributed by atoms with van der Waals surface area (Å²) in [5.74, 6) is -0.126. The van der Waals surface area contributed by atoms with Crippen molar-refractivity contribution in [1.29, 1.82) is 0 Å². The average Bonchev–Trinajstić information content (AvgIpc) is 3.37. The molecule has 23 heavy (non-hydrogen) atoms. The highest BCUT2D eigenvalue weighted by Gasteiger charge is 2.38. The molecule has 1 aliphatic carbocycles. The Hall–Kier alpha value is -1.47. The Balaban J connectivity index is 1.71. The Labute approximate surface area is 137 Å². The molecule has 0 radical (unpaired) electrons. The molecule has 1 aromatic heterocycles. The number of hydrogen-bond donors (Lipinski definition) is 0. The molecule has 3 rings (SSSR count). The van der Waals surface area contributed by atoms with Gasteiger partial charge in [-0.25, -0.2) is 12.7 Å². The van der Waals surface area contributed by atoms with Gasteiger partial charge in [0.15, 0.2) is 0 Å². The van der Waals surface area contributed by atoms with E-state index in [1.54, 1.807) is 12.4 Å². The normalized spacial score (nSPS) is 22.7. The van der Waals surface area contributed by atoms with Crippen LogP contribution in [0.3, 0.4) is 0 Å². The Morgan fingerprint density at radius 2 is 2.00 bits per heavy atom. The van der Waals surface area contributed by atoms with Crippen LogP contribution < -0.4 is 0 Å². The van der Waals surface area contributed by atoms with Crippen LogP contribution in [-0.4, -0.2) is 53.9 Å². The summed E-state index contributed by atoms with van der Waals surface area (Å²) in [6.45, 7) is 1.43. The van der Waals surface area contributed by atoms with Crippen molar-refractivity contribution < 1.29 is 13.2 Å². The highest BCUT2D eigenvalue weighted by molar-refractivity contribution is 7.88. The predicted octanol–water partition coefficient (Wildman–Crippen LogP) is 1.24. The number of nitrogens with zero attached hydrogens (tertiary/aromatic N) is 3. The molecular weight excluding hydrogens is 314 g/mol. The highest BCUT2D eigenvalue weighted by atomic mass is 32.2. The van der Waals surface area contributed by atoms with E-state index in [1.807, 2.05) is 17.0 Å². The van der Waals surface area contributed by atoms with Gasteiger partial charge in [-0.05, 0) is 43.4 Å². The van der Waals surface area contributed by atoms with E-state index in [0.717, 1.165) is 31.2 Å². The summed E-state index contributed by atoms with van der Waals surface area (Å²) in [4.78, 5) is 18.9. The summed E-state index contributed by atoms with van der Waals surface area (Å²) in [7, 11) is -3.23. The van der Waals surface area contributed by atoms with Crippen LogP contribution in [0.1, 0.15) is 31.2 Å². The minimum absolute atomic E-state index is 0.0951. The van der Waals surface area contributed by atoms with Crippen LogP contribution in [0.15, 0.2) is 24.5 Å². The molecule has 126 valence electrons. The minimum Gasteiger partial charge on any atom is -0.335 e. The molecule has 1 aliphatic heterocycles. The molecule has 7 heteroatoms. The van der Waals surface area contributed by atoms with Crippen LogP contribution in [0.5, 0.6) is 0 Å². The van der Waals surface area contributed by atoms with E-state index in [2.05, 4.69) is 4.98 Å². The standard InChI is InChI=1S/C16H23N3O3S/c1-23(21,22)18-10-2-3-14(12-18)16(20)19(15-4-5-15)11-13-6-8-17-9-7-13/h6-9,14-15H,2-5,10-12H2,1H3. The van der Waals surface area contributed by atoms with Crippen molar-refractivity contribution in [2.75, 3.05) is 19.3 Å². The van der Waals surface area contributed by atoms with Gasteiger partial charge in [0.2, 0.25) is 15.9 Å². The molecule has 2 fully saturated rings. The van der Waals surface area contributed by atoms with Gasteiger partial charge in [0.1, 0.15) is 0 Å². The first kappa shape index (κ1) is 16.4. The second-order valence-electron chi connectivity index (χ2n) is 6.51. The number of carbonyl (C=O) groups excluding carboxylic acids is 1. The molecule has 1 aromatic rings. The van der Waals surface area contributed by atoms with Gasteiger partial charge in [-0.3, -0.25) is 9.78 Å². The maximum Gasteiger partial charge on any atom is 0.227 e. The average molecular weight is 337 g/mol. The van der Waals surface area contributed by atoms with Crippen LogP contribution in [0.4, 0.5) is 0 Å². The molecule has 6 nitrogen and oxygen atoms in total. The van der Waals surface area contributed by atoms with Crippen LogP contribution in [0, 0.1) is 5.92 Å². The third-order valence-corrected chi connectivity index (χ3v) is 5.85. The zero-order valence-electron chi connectivity index (χ0n) is 13.4. The number of pyridine rings is 1. The third-order valence-electron chi connectivity index (χ3n) is 4.58. The van der Waals surface area contributed by atoms with Crippen molar-refractivity contribution in [3.8, 4) is 0 Å². The van der Waals surface area contributed by atoms with Crippen LogP contribution >= 0.6 is 0 Å². The van der Waals surface area contributed by atoms with Gasteiger partial charge in [0, 0.05) is 38.1 Å². The van der Waals surface area contributed by atoms with E-state index >= 15 is 0 Å². The molecule has 0 bridgehead atoms. The molecule has 1 saturated heterocycles. The summed E-state index contributed by atoms with van der Waals surface area (Å²) in [6.07, 6.45) is 8.28. The lowest BCUT2D eigenvalue weighted by molar-refractivity contribution is -0.138. The van der Waals surface area contributed by atoms with Crippen LogP contribution in [0.2, 0.25) is 0 Å². The fourth-order valence-corrected chi connectivity index (χ4v) is 4.05. The smallest absolute Gasteiger partial charge is 0.227 e. The summed E-state index contributed by atoms with van der Waals surface area (Å²) in [6, 6.07) is 4.16. The zero-order chi connectivity index (χ0) is 16.4. The van der Waals surface area contributed by atoms with Gasteiger partial charge in [-0.1, -0.05) is 0 Å². The molecule has 1 unspecified atom stereocenters. The lowest BCUT2D eigenvalue weighted by Gasteiger charge is -2.34. The molecule has 2 aliphatic rings. The number of aromatic nitrogens is 1. The largest absolute Gasteiger partial charge is 0.335 e. The second kappa shape index (κ2) is 6.57. The number of carbonyl (C=O) groups is 1. The van der Waals surface area contributed by atoms with Crippen molar-refractivity contribution in [2.45, 2.75) is 38.3 Å². The fraction of sp³-hybridized carbons (Fsp3) is 0.625. The molecule has 1 amide bonds. The molecule has 1 atom stereocenters. The SMILES string of the molecule is CS(=O)(=O)N1CCCC(C(=O)N(Cc2ccncc2)C2CC2)C1. The number of amides is 1. The monoisotopic (exact) mass is 337 g/mol. The van der Waals surface area contributed by atoms with Crippen LogP contribution in [-0.2, 0) is 21.4 Å². The Morgan fingerprint density at radius 1 is 1.30 bits per heavy atom. The lowest BCUT2D eigenvalue weighted by atomic mass is 9.97. The number of rotatable bonds is 5. The first-order chi connectivity index (χ1) is 10.9. The van der Waals surface area contributed by atoms with E-state index in [1.165, 1.54) is 10.6 Å². The van der Waals surface area contributed by atoms with E-state index in [4.69, 9.17) is 0 Å². The van der Waals surface area contributed by atoms with E-state index in [-0.39, 0.29) is 11.8 Å². The Kier molecular flexibility index (Phi) is 4.68. The molecular formula is C16H23N3O3S. The van der Waals surface area contributed by atoms with Gasteiger partial charge in [-0.2, -0.15) is 0 Å². The molecule has 0 spiro atoms. The van der Waals surface area contributed by atoms with Gasteiger partial charge in [0.25, 0.3) is 0 Å². The van der Waals surface area contributed by atoms with Gasteiger partial charge < -0.3 is 4.90 Å². The van der Waals surface area contributed by atoms with Gasteiger partial charge >= 0.3 is 0 Å². The molecule has 0 N–H and O–H groups in total. The first-order valence-corrected chi connectivity index (χ1v) is 9.94. The van der Waals surface area contributed by atoms with E-state index in [9.17, 15) is 13.2 Å². The zero-order valence-corrected chi connectivity index (χ0v) is 14.2. The minimum atomic E-state index is -3.23. The van der Waals surface area contributed by atoms with Gasteiger partial charge in [0.05, 0.1) is 12.2 Å². The lowest BCUT2D eigenvalue weighted by Crippen LogP contribution is -2.46. The first-order valence-electron chi connectivity index (χ1n) is 8.09. The molecule has 2 heterocycles. The number of hydrogen-bond acceptors (Lipinski definition) is 4. The molecule has 1 saturated carbocycles.